The second-order valence-electron chi connectivity index (χ2n) is 5.00. The molecule has 0 aliphatic rings. The monoisotopic (exact) mass is 229 g/mol. The van der Waals surface area contributed by atoms with Gasteiger partial charge in [0.15, 0.2) is 0 Å². The molecule has 0 aliphatic heterocycles. The fourth-order valence-corrected chi connectivity index (χ4v) is 1.62. The Labute approximate surface area is 99.6 Å². The quantitative estimate of drug-likeness (QED) is 0.679. The molecular weight excluding hydrogens is 202 g/mol. The van der Waals surface area contributed by atoms with E-state index >= 15 is 0 Å². The average Bonchev–Trinajstić information content (AvgIpc) is 2.25. The molecule has 1 atom stereocenters. The molecule has 0 aromatic rings. The molecule has 1 amide bonds. The molecule has 16 heavy (non-hydrogen) atoms. The maximum atomic E-state index is 11.7. The van der Waals surface area contributed by atoms with Crippen LogP contribution in [0, 0.1) is 5.41 Å². The van der Waals surface area contributed by atoms with Crippen molar-refractivity contribution in [2.45, 2.75) is 40.7 Å². The molecule has 0 rings (SSSR count). The minimum atomic E-state index is -0.0872. The van der Waals surface area contributed by atoms with Gasteiger partial charge in [-0.1, -0.05) is 20.8 Å². The van der Waals surface area contributed by atoms with Crippen LogP contribution in [0.5, 0.6) is 0 Å². The standard InChI is InChI=1S/C12H27N3O/c1-6-14-11(16)10(3)15(7-2)9-12(4,5)8-13/h10H,6-9,13H2,1-5H3,(H,14,16). The summed E-state index contributed by atoms with van der Waals surface area (Å²) < 4.78 is 0. The van der Waals surface area contributed by atoms with Gasteiger partial charge in [-0.05, 0) is 32.4 Å². The molecule has 0 radical (unpaired) electrons. The highest BCUT2D eigenvalue weighted by molar-refractivity contribution is 5.81. The maximum Gasteiger partial charge on any atom is 0.237 e. The predicted octanol–water partition coefficient (Wildman–Crippen LogP) is 0.818. The van der Waals surface area contributed by atoms with E-state index in [1.807, 2.05) is 13.8 Å². The van der Waals surface area contributed by atoms with E-state index in [1.54, 1.807) is 0 Å². The Kier molecular flexibility index (Phi) is 6.60. The van der Waals surface area contributed by atoms with Crippen molar-refractivity contribution >= 4 is 5.91 Å². The third-order valence-corrected chi connectivity index (χ3v) is 2.87. The molecule has 0 aromatic heterocycles. The molecule has 4 heteroatoms. The van der Waals surface area contributed by atoms with Crippen molar-refractivity contribution in [1.82, 2.24) is 10.2 Å². The minimum absolute atomic E-state index is 0.0523. The Bertz CT molecular complexity index is 216. The summed E-state index contributed by atoms with van der Waals surface area (Å²) in [6, 6.07) is -0.0872. The highest BCUT2D eigenvalue weighted by Crippen LogP contribution is 2.16. The van der Waals surface area contributed by atoms with E-state index in [1.165, 1.54) is 0 Å². The third-order valence-electron chi connectivity index (χ3n) is 2.87. The maximum absolute atomic E-state index is 11.7. The number of carbonyl (C=O) groups is 1. The molecule has 3 N–H and O–H groups in total. The Morgan fingerprint density at radius 1 is 1.44 bits per heavy atom. The van der Waals surface area contributed by atoms with Gasteiger partial charge in [0.05, 0.1) is 6.04 Å². The zero-order valence-electron chi connectivity index (χ0n) is 11.3. The molecule has 0 aromatic carbocycles. The summed E-state index contributed by atoms with van der Waals surface area (Å²) >= 11 is 0. The molecular formula is C12H27N3O. The van der Waals surface area contributed by atoms with Crippen LogP contribution in [0.2, 0.25) is 0 Å². The molecule has 4 nitrogen and oxygen atoms in total. The van der Waals surface area contributed by atoms with Crippen molar-refractivity contribution in [3.8, 4) is 0 Å². The number of hydrogen-bond acceptors (Lipinski definition) is 3. The van der Waals surface area contributed by atoms with Gasteiger partial charge in [0.1, 0.15) is 0 Å². The van der Waals surface area contributed by atoms with E-state index in [2.05, 4.69) is 31.0 Å². The van der Waals surface area contributed by atoms with E-state index in [-0.39, 0.29) is 17.4 Å². The number of nitrogens with zero attached hydrogens (tertiary/aromatic N) is 1. The lowest BCUT2D eigenvalue weighted by Gasteiger charge is -2.34. The van der Waals surface area contributed by atoms with Crippen LogP contribution >= 0.6 is 0 Å². The van der Waals surface area contributed by atoms with Gasteiger partial charge in [0.25, 0.3) is 0 Å². The van der Waals surface area contributed by atoms with Gasteiger partial charge in [0, 0.05) is 13.1 Å². The highest BCUT2D eigenvalue weighted by Gasteiger charge is 2.25. The first-order valence-electron chi connectivity index (χ1n) is 6.09. The lowest BCUT2D eigenvalue weighted by molar-refractivity contribution is -0.126. The first-order chi connectivity index (χ1) is 7.37. The zero-order valence-corrected chi connectivity index (χ0v) is 11.3. The fourth-order valence-electron chi connectivity index (χ4n) is 1.62. The molecule has 0 fully saturated rings. The number of rotatable bonds is 7. The first-order valence-corrected chi connectivity index (χ1v) is 6.09. The van der Waals surface area contributed by atoms with Crippen LogP contribution in [0.25, 0.3) is 0 Å². The highest BCUT2D eigenvalue weighted by atomic mass is 16.2. The van der Waals surface area contributed by atoms with Crippen molar-refractivity contribution in [3.05, 3.63) is 0 Å². The minimum Gasteiger partial charge on any atom is -0.355 e. The lowest BCUT2D eigenvalue weighted by Crippen LogP contribution is -2.49. The predicted molar refractivity (Wildman–Crippen MR) is 68.2 cm³/mol. The van der Waals surface area contributed by atoms with E-state index in [0.29, 0.717) is 13.1 Å². The Hall–Kier alpha value is -0.610. The Morgan fingerprint density at radius 3 is 2.38 bits per heavy atom. The van der Waals surface area contributed by atoms with Crippen LogP contribution in [-0.2, 0) is 4.79 Å². The fraction of sp³-hybridized carbons (Fsp3) is 0.917. The summed E-state index contributed by atoms with van der Waals surface area (Å²) in [4.78, 5) is 13.9. The summed E-state index contributed by atoms with van der Waals surface area (Å²) in [5, 5.41) is 2.85. The number of nitrogens with two attached hydrogens (primary N) is 1. The van der Waals surface area contributed by atoms with Crippen LogP contribution in [0.4, 0.5) is 0 Å². The number of hydrogen-bond donors (Lipinski definition) is 2. The van der Waals surface area contributed by atoms with E-state index < -0.39 is 0 Å². The van der Waals surface area contributed by atoms with Crippen molar-refractivity contribution in [2.75, 3.05) is 26.2 Å². The summed E-state index contributed by atoms with van der Waals surface area (Å²) in [5.41, 5.74) is 5.77. The van der Waals surface area contributed by atoms with Crippen LogP contribution in [-0.4, -0.2) is 43.0 Å². The lowest BCUT2D eigenvalue weighted by atomic mass is 9.92. The number of likely N-dealkylation sites (N-methyl/N-ethyl adjacent to an activating group) is 2. The van der Waals surface area contributed by atoms with E-state index in [4.69, 9.17) is 5.73 Å². The van der Waals surface area contributed by atoms with Gasteiger partial charge < -0.3 is 11.1 Å². The summed E-state index contributed by atoms with van der Waals surface area (Å²) in [7, 11) is 0. The second-order valence-corrected chi connectivity index (χ2v) is 5.00. The summed E-state index contributed by atoms with van der Waals surface area (Å²) in [5.74, 6) is 0.0946. The molecule has 0 saturated carbocycles. The molecule has 0 saturated heterocycles. The SMILES string of the molecule is CCNC(=O)C(C)N(CC)CC(C)(C)CN. The van der Waals surface area contributed by atoms with Gasteiger partial charge in [-0.25, -0.2) is 0 Å². The molecule has 0 bridgehead atoms. The van der Waals surface area contributed by atoms with E-state index in [9.17, 15) is 4.79 Å². The Balaban J connectivity index is 4.43. The molecule has 0 heterocycles. The third kappa shape index (κ3) is 4.94. The van der Waals surface area contributed by atoms with Gasteiger partial charge in [0.2, 0.25) is 5.91 Å². The second kappa shape index (κ2) is 6.86. The topological polar surface area (TPSA) is 58.4 Å². The van der Waals surface area contributed by atoms with Crippen LogP contribution in [0.3, 0.4) is 0 Å². The van der Waals surface area contributed by atoms with Crippen molar-refractivity contribution in [1.29, 1.82) is 0 Å². The average molecular weight is 229 g/mol. The van der Waals surface area contributed by atoms with Gasteiger partial charge in [-0.2, -0.15) is 0 Å². The smallest absolute Gasteiger partial charge is 0.237 e. The van der Waals surface area contributed by atoms with Crippen LogP contribution in [0.1, 0.15) is 34.6 Å². The Morgan fingerprint density at radius 2 is 2.00 bits per heavy atom. The van der Waals surface area contributed by atoms with Gasteiger partial charge >= 0.3 is 0 Å². The first kappa shape index (κ1) is 15.4. The van der Waals surface area contributed by atoms with Crippen molar-refractivity contribution in [3.63, 3.8) is 0 Å². The van der Waals surface area contributed by atoms with Gasteiger partial charge in [-0.15, -0.1) is 0 Å². The van der Waals surface area contributed by atoms with E-state index in [0.717, 1.165) is 13.1 Å². The van der Waals surface area contributed by atoms with Crippen molar-refractivity contribution in [2.24, 2.45) is 11.1 Å². The number of nitrogens with one attached hydrogen (secondary N) is 1. The summed E-state index contributed by atoms with van der Waals surface area (Å²) in [6.45, 7) is 13.2. The molecule has 0 aliphatic carbocycles. The zero-order chi connectivity index (χ0) is 12.8. The number of carbonyl (C=O) groups excluding carboxylic acids is 1. The summed E-state index contributed by atoms with van der Waals surface area (Å²) in [6.07, 6.45) is 0. The van der Waals surface area contributed by atoms with Gasteiger partial charge in [-0.3, -0.25) is 9.69 Å². The molecule has 0 spiro atoms. The van der Waals surface area contributed by atoms with Crippen LogP contribution < -0.4 is 11.1 Å². The molecule has 1 unspecified atom stereocenters. The largest absolute Gasteiger partial charge is 0.355 e. The number of amides is 1. The normalized spacial score (nSPS) is 13.9. The van der Waals surface area contributed by atoms with Crippen LogP contribution in [0.15, 0.2) is 0 Å². The molecule has 96 valence electrons. The van der Waals surface area contributed by atoms with Crippen molar-refractivity contribution < 1.29 is 4.79 Å².